The molecular weight excluding hydrogens is 310 g/mol. The predicted molar refractivity (Wildman–Crippen MR) is 65.2 cm³/mol. The molecule has 0 saturated carbocycles. The topological polar surface area (TPSA) is 29.1 Å². The number of rotatable bonds is 3. The van der Waals surface area contributed by atoms with E-state index in [0.29, 0.717) is 11.6 Å². The van der Waals surface area contributed by atoms with Gasteiger partial charge in [-0.05, 0) is 55.5 Å². The Hall–Kier alpha value is -0.350. The summed E-state index contributed by atoms with van der Waals surface area (Å²) < 4.78 is 1.72. The van der Waals surface area contributed by atoms with Crippen LogP contribution in [0.2, 0.25) is 0 Å². The van der Waals surface area contributed by atoms with Crippen LogP contribution in [0, 0.1) is 0 Å². The second kappa shape index (κ2) is 4.94. The van der Waals surface area contributed by atoms with Crippen molar-refractivity contribution in [1.82, 2.24) is 0 Å². The fourth-order valence-corrected chi connectivity index (χ4v) is 2.52. The normalized spacial score (nSPS) is 10.4. The minimum absolute atomic E-state index is 0.455. The van der Waals surface area contributed by atoms with E-state index in [2.05, 4.69) is 51.0 Å². The highest BCUT2D eigenvalue weighted by Gasteiger charge is 2.08. The zero-order valence-corrected chi connectivity index (χ0v) is 11.1. The van der Waals surface area contributed by atoms with Crippen LogP contribution in [0.1, 0.15) is 25.3 Å². The monoisotopic (exact) mass is 318 g/mol. The fraction of sp³-hybridized carbons (Fsp3) is 0.300. The van der Waals surface area contributed by atoms with E-state index in [1.807, 2.05) is 12.1 Å². The molecule has 0 aliphatic carbocycles. The lowest BCUT2D eigenvalue weighted by Gasteiger charge is -2.11. The second-order valence-electron chi connectivity index (χ2n) is 3.24. The minimum Gasteiger partial charge on any atom is -0.316 e. The molecule has 0 aromatic heterocycles. The number of carbonyl (C=O) groups excluding carboxylic acids is 1. The standard InChI is InChI=1S/C10H10Br2NO/c1-6(2)7-3-8(11)10(13-5-14)9(12)4-7/h3-4,6H,1-2H3,(H,13,14). The third kappa shape index (κ3) is 2.58. The number of anilines is 1. The summed E-state index contributed by atoms with van der Waals surface area (Å²) in [5.41, 5.74) is 1.92. The first-order valence-electron chi connectivity index (χ1n) is 4.18. The van der Waals surface area contributed by atoms with Crippen molar-refractivity contribution >= 4 is 44.0 Å². The zero-order valence-electron chi connectivity index (χ0n) is 7.90. The number of hydrogen-bond donors (Lipinski definition) is 1. The van der Waals surface area contributed by atoms with Crippen LogP contribution in [-0.2, 0) is 4.79 Å². The number of hydrogen-bond acceptors (Lipinski definition) is 1. The maximum atomic E-state index is 10.2. The van der Waals surface area contributed by atoms with Crippen molar-refractivity contribution < 1.29 is 4.79 Å². The maximum Gasteiger partial charge on any atom is 0.314 e. The van der Waals surface area contributed by atoms with Gasteiger partial charge in [0.25, 0.3) is 0 Å². The molecule has 1 radical (unpaired) electrons. The molecule has 0 saturated heterocycles. The molecular formula is C10H10Br2NO. The molecule has 1 N–H and O–H groups in total. The number of benzene rings is 1. The molecule has 0 atom stereocenters. The lowest BCUT2D eigenvalue weighted by molar-refractivity contribution is 0.561. The molecule has 0 unspecified atom stereocenters. The third-order valence-corrected chi connectivity index (χ3v) is 3.16. The lowest BCUT2D eigenvalue weighted by Crippen LogP contribution is -1.98. The molecule has 1 rings (SSSR count). The van der Waals surface area contributed by atoms with Gasteiger partial charge in [-0.2, -0.15) is 0 Å². The van der Waals surface area contributed by atoms with E-state index in [1.165, 1.54) is 5.56 Å². The van der Waals surface area contributed by atoms with Crippen LogP contribution >= 0.6 is 31.9 Å². The SMILES string of the molecule is CC(C)c1cc(Br)c(N[C]=O)c(Br)c1. The van der Waals surface area contributed by atoms with E-state index in [0.717, 1.165) is 8.95 Å². The molecule has 1 amide bonds. The molecule has 2 nitrogen and oxygen atoms in total. The van der Waals surface area contributed by atoms with Gasteiger partial charge in [-0.1, -0.05) is 13.8 Å². The van der Waals surface area contributed by atoms with Crippen LogP contribution in [0.25, 0.3) is 0 Å². The van der Waals surface area contributed by atoms with Gasteiger partial charge in [0, 0.05) is 8.95 Å². The summed E-state index contributed by atoms with van der Waals surface area (Å²) in [5, 5.41) is 2.51. The van der Waals surface area contributed by atoms with Crippen molar-refractivity contribution in [3.05, 3.63) is 26.6 Å². The molecule has 4 heteroatoms. The van der Waals surface area contributed by atoms with Crippen molar-refractivity contribution in [3.8, 4) is 0 Å². The highest BCUT2D eigenvalue weighted by atomic mass is 79.9. The zero-order chi connectivity index (χ0) is 10.7. The van der Waals surface area contributed by atoms with Crippen LogP contribution < -0.4 is 5.32 Å². The Bertz CT molecular complexity index is 327. The molecule has 0 fully saturated rings. The summed E-state index contributed by atoms with van der Waals surface area (Å²) in [4.78, 5) is 10.2. The average molecular weight is 320 g/mol. The predicted octanol–water partition coefficient (Wildman–Crippen LogP) is 3.81. The van der Waals surface area contributed by atoms with E-state index >= 15 is 0 Å². The van der Waals surface area contributed by atoms with Crippen LogP contribution in [0.3, 0.4) is 0 Å². The second-order valence-corrected chi connectivity index (χ2v) is 4.95. The quantitative estimate of drug-likeness (QED) is 0.843. The van der Waals surface area contributed by atoms with Gasteiger partial charge in [0.15, 0.2) is 0 Å². The van der Waals surface area contributed by atoms with Gasteiger partial charge in [0.05, 0.1) is 5.69 Å². The summed E-state index contributed by atoms with van der Waals surface area (Å²) in [7, 11) is 0. The Labute approximate surface area is 100 Å². The first kappa shape index (κ1) is 11.7. The van der Waals surface area contributed by atoms with Gasteiger partial charge < -0.3 is 5.32 Å². The Morgan fingerprint density at radius 2 is 1.79 bits per heavy atom. The van der Waals surface area contributed by atoms with Crippen LogP contribution in [0.4, 0.5) is 5.69 Å². The average Bonchev–Trinajstić information content (AvgIpc) is 2.10. The molecule has 75 valence electrons. The summed E-state index contributed by atoms with van der Waals surface area (Å²) in [5.74, 6) is 0.455. The summed E-state index contributed by atoms with van der Waals surface area (Å²) in [6, 6.07) is 3.99. The first-order valence-corrected chi connectivity index (χ1v) is 5.77. The summed E-state index contributed by atoms with van der Waals surface area (Å²) >= 11 is 6.79. The minimum atomic E-state index is 0.455. The summed E-state index contributed by atoms with van der Waals surface area (Å²) in [6.07, 6.45) is 1.65. The van der Waals surface area contributed by atoms with Crippen LogP contribution in [-0.4, -0.2) is 6.41 Å². The molecule has 14 heavy (non-hydrogen) atoms. The molecule has 1 aromatic rings. The highest BCUT2D eigenvalue weighted by molar-refractivity contribution is 9.11. The number of halogens is 2. The van der Waals surface area contributed by atoms with Crippen LogP contribution in [0.5, 0.6) is 0 Å². The molecule has 0 aliphatic rings. The highest BCUT2D eigenvalue weighted by Crippen LogP contribution is 2.34. The molecule has 1 aromatic carbocycles. The van der Waals surface area contributed by atoms with Crippen molar-refractivity contribution in [1.29, 1.82) is 0 Å². The van der Waals surface area contributed by atoms with Crippen molar-refractivity contribution in [3.63, 3.8) is 0 Å². The Morgan fingerprint density at radius 1 is 1.29 bits per heavy atom. The van der Waals surface area contributed by atoms with Gasteiger partial charge >= 0.3 is 6.41 Å². The third-order valence-electron chi connectivity index (χ3n) is 1.91. The van der Waals surface area contributed by atoms with Gasteiger partial charge in [-0.25, -0.2) is 0 Å². The van der Waals surface area contributed by atoms with Gasteiger partial charge in [0.1, 0.15) is 0 Å². The van der Waals surface area contributed by atoms with Crippen molar-refractivity contribution in [2.45, 2.75) is 19.8 Å². The molecule has 0 aliphatic heterocycles. The van der Waals surface area contributed by atoms with E-state index in [9.17, 15) is 4.79 Å². The molecule has 0 heterocycles. The van der Waals surface area contributed by atoms with Crippen molar-refractivity contribution in [2.24, 2.45) is 0 Å². The Morgan fingerprint density at radius 3 is 2.14 bits per heavy atom. The lowest BCUT2D eigenvalue weighted by atomic mass is 10.0. The van der Waals surface area contributed by atoms with E-state index in [1.54, 1.807) is 6.41 Å². The number of amides is 1. The van der Waals surface area contributed by atoms with Crippen LogP contribution in [0.15, 0.2) is 21.1 Å². The van der Waals surface area contributed by atoms with Gasteiger partial charge in [-0.15, -0.1) is 0 Å². The largest absolute Gasteiger partial charge is 0.316 e. The van der Waals surface area contributed by atoms with E-state index in [-0.39, 0.29) is 0 Å². The van der Waals surface area contributed by atoms with Crippen molar-refractivity contribution in [2.75, 3.05) is 5.32 Å². The summed E-state index contributed by atoms with van der Waals surface area (Å²) in [6.45, 7) is 4.24. The fourth-order valence-electron chi connectivity index (χ4n) is 1.10. The smallest absolute Gasteiger partial charge is 0.314 e. The maximum absolute atomic E-state index is 10.2. The van der Waals surface area contributed by atoms with E-state index in [4.69, 9.17) is 0 Å². The van der Waals surface area contributed by atoms with E-state index < -0.39 is 0 Å². The first-order chi connectivity index (χ1) is 6.56. The molecule has 0 spiro atoms. The Kier molecular flexibility index (Phi) is 4.13. The van der Waals surface area contributed by atoms with Gasteiger partial charge in [-0.3, -0.25) is 4.79 Å². The Balaban J connectivity index is 3.17. The van der Waals surface area contributed by atoms with Gasteiger partial charge in [0.2, 0.25) is 0 Å². The molecule has 0 bridgehead atoms. The number of nitrogens with one attached hydrogen (secondary N) is 1.